The monoisotopic (exact) mass is 231 g/mol. The van der Waals surface area contributed by atoms with E-state index in [-0.39, 0.29) is 23.7 Å². The highest BCUT2D eigenvalue weighted by atomic mass is 35.5. The second-order valence-corrected chi connectivity index (χ2v) is 3.51. The minimum atomic E-state index is -0.432. The summed E-state index contributed by atoms with van der Waals surface area (Å²) in [6.45, 7) is 1.33. The van der Waals surface area contributed by atoms with Gasteiger partial charge in [0.05, 0.1) is 23.7 Å². The van der Waals surface area contributed by atoms with Gasteiger partial charge in [-0.25, -0.2) is 4.39 Å². The molecular weight excluding hydrogens is 221 g/mol. The van der Waals surface area contributed by atoms with Crippen molar-refractivity contribution in [2.45, 2.75) is 13.3 Å². The summed E-state index contributed by atoms with van der Waals surface area (Å²) in [4.78, 5) is 11.1. The lowest BCUT2D eigenvalue weighted by atomic mass is 10.2. The number of halogens is 2. The molecule has 0 unspecified atom stereocenters. The fourth-order valence-electron chi connectivity index (χ4n) is 1.06. The Kier molecular flexibility index (Phi) is 4.05. The Labute approximate surface area is 91.9 Å². The number of hydrogen-bond acceptors (Lipinski definition) is 2. The minimum Gasteiger partial charge on any atom is -0.396 e. The number of aryl methyl sites for hydroxylation is 1. The Morgan fingerprint density at radius 3 is 2.87 bits per heavy atom. The third-order valence-electron chi connectivity index (χ3n) is 1.86. The molecule has 0 spiro atoms. The van der Waals surface area contributed by atoms with Crippen LogP contribution in [-0.4, -0.2) is 17.6 Å². The molecule has 0 aliphatic carbocycles. The number of amides is 1. The normalized spacial score (nSPS) is 10.1. The van der Waals surface area contributed by atoms with Gasteiger partial charge in [0.2, 0.25) is 5.91 Å². The Hall–Kier alpha value is -1.13. The molecule has 0 bridgehead atoms. The summed E-state index contributed by atoms with van der Waals surface area (Å²) >= 11 is 5.80. The Bertz CT molecular complexity index is 382. The summed E-state index contributed by atoms with van der Waals surface area (Å²) in [5, 5.41) is 11.2. The van der Waals surface area contributed by atoms with Crippen molar-refractivity contribution in [3.8, 4) is 0 Å². The molecule has 2 N–H and O–H groups in total. The molecule has 0 radical (unpaired) electrons. The molecule has 0 saturated carbocycles. The van der Waals surface area contributed by atoms with Crippen LogP contribution in [0.2, 0.25) is 5.02 Å². The van der Waals surface area contributed by atoms with Crippen molar-refractivity contribution in [3.63, 3.8) is 0 Å². The molecular formula is C10H11ClFNO2. The van der Waals surface area contributed by atoms with E-state index in [2.05, 4.69) is 5.32 Å². The van der Waals surface area contributed by atoms with Crippen molar-refractivity contribution in [1.29, 1.82) is 0 Å². The number of carbonyl (C=O) groups excluding carboxylic acids is 1. The van der Waals surface area contributed by atoms with E-state index in [9.17, 15) is 9.18 Å². The first kappa shape index (κ1) is 11.9. The molecule has 1 amide bonds. The average Bonchev–Trinajstić information content (AvgIpc) is 2.14. The van der Waals surface area contributed by atoms with E-state index < -0.39 is 11.7 Å². The highest BCUT2D eigenvalue weighted by Crippen LogP contribution is 2.25. The van der Waals surface area contributed by atoms with Gasteiger partial charge in [0, 0.05) is 0 Å². The molecule has 0 aromatic heterocycles. The maximum absolute atomic E-state index is 13.1. The van der Waals surface area contributed by atoms with Crippen LogP contribution in [0.3, 0.4) is 0 Å². The summed E-state index contributed by atoms with van der Waals surface area (Å²) in [5.74, 6) is -0.832. The highest BCUT2D eigenvalue weighted by molar-refractivity contribution is 6.33. The zero-order valence-corrected chi connectivity index (χ0v) is 8.94. The number of carbonyl (C=O) groups is 1. The standard InChI is InChI=1S/C10H11ClFNO2/c1-6-4-7(11)9(5-8(6)12)13-10(15)2-3-14/h4-5,14H,2-3H2,1H3,(H,13,15). The van der Waals surface area contributed by atoms with Crippen molar-refractivity contribution >= 4 is 23.2 Å². The topological polar surface area (TPSA) is 49.3 Å². The van der Waals surface area contributed by atoms with E-state index in [0.29, 0.717) is 5.56 Å². The lowest BCUT2D eigenvalue weighted by Crippen LogP contribution is -2.13. The lowest BCUT2D eigenvalue weighted by molar-refractivity contribution is -0.116. The molecule has 1 aromatic rings. The van der Waals surface area contributed by atoms with Crippen LogP contribution in [0.4, 0.5) is 10.1 Å². The zero-order valence-electron chi connectivity index (χ0n) is 8.18. The van der Waals surface area contributed by atoms with Crippen LogP contribution in [0.25, 0.3) is 0 Å². The van der Waals surface area contributed by atoms with Gasteiger partial charge >= 0.3 is 0 Å². The molecule has 82 valence electrons. The van der Waals surface area contributed by atoms with E-state index in [0.717, 1.165) is 6.07 Å². The van der Waals surface area contributed by atoms with Crippen molar-refractivity contribution < 1.29 is 14.3 Å². The maximum atomic E-state index is 13.1. The van der Waals surface area contributed by atoms with Crippen molar-refractivity contribution in [3.05, 3.63) is 28.5 Å². The molecule has 0 saturated heterocycles. The molecule has 15 heavy (non-hydrogen) atoms. The number of rotatable bonds is 3. The van der Waals surface area contributed by atoms with E-state index in [1.165, 1.54) is 6.07 Å². The molecule has 1 rings (SSSR count). The molecule has 5 heteroatoms. The second kappa shape index (κ2) is 5.09. The van der Waals surface area contributed by atoms with Gasteiger partial charge in [0.1, 0.15) is 5.82 Å². The van der Waals surface area contributed by atoms with Crippen LogP contribution >= 0.6 is 11.6 Å². The first-order valence-electron chi connectivity index (χ1n) is 4.41. The SMILES string of the molecule is Cc1cc(Cl)c(NC(=O)CCO)cc1F. The predicted molar refractivity (Wildman–Crippen MR) is 56.5 cm³/mol. The van der Waals surface area contributed by atoms with Crippen molar-refractivity contribution in [1.82, 2.24) is 0 Å². The molecule has 1 aromatic carbocycles. The third-order valence-corrected chi connectivity index (χ3v) is 2.17. The van der Waals surface area contributed by atoms with Gasteiger partial charge < -0.3 is 10.4 Å². The van der Waals surface area contributed by atoms with E-state index in [1.807, 2.05) is 0 Å². The van der Waals surface area contributed by atoms with Crippen LogP contribution < -0.4 is 5.32 Å². The van der Waals surface area contributed by atoms with Crippen LogP contribution in [-0.2, 0) is 4.79 Å². The van der Waals surface area contributed by atoms with Crippen LogP contribution in [0.5, 0.6) is 0 Å². The van der Waals surface area contributed by atoms with Gasteiger partial charge in [-0.05, 0) is 24.6 Å². The summed E-state index contributed by atoms with van der Waals surface area (Å²) in [6, 6.07) is 2.60. The van der Waals surface area contributed by atoms with Crippen molar-refractivity contribution in [2.75, 3.05) is 11.9 Å². The third kappa shape index (κ3) is 3.18. The van der Waals surface area contributed by atoms with Crippen LogP contribution in [0, 0.1) is 12.7 Å². The quantitative estimate of drug-likeness (QED) is 0.837. The summed E-state index contributed by atoms with van der Waals surface area (Å²) < 4.78 is 13.1. The van der Waals surface area contributed by atoms with E-state index >= 15 is 0 Å². The first-order valence-corrected chi connectivity index (χ1v) is 4.78. The highest BCUT2D eigenvalue weighted by Gasteiger charge is 2.08. The number of aliphatic hydroxyl groups is 1. The number of hydrogen-bond donors (Lipinski definition) is 2. The molecule has 0 fully saturated rings. The van der Waals surface area contributed by atoms with Gasteiger partial charge in [0.15, 0.2) is 0 Å². The zero-order chi connectivity index (χ0) is 11.4. The van der Waals surface area contributed by atoms with Crippen molar-refractivity contribution in [2.24, 2.45) is 0 Å². The summed E-state index contributed by atoms with van der Waals surface area (Å²) in [6.07, 6.45) is -0.0359. The number of anilines is 1. The first-order chi connectivity index (χ1) is 7.04. The smallest absolute Gasteiger partial charge is 0.226 e. The average molecular weight is 232 g/mol. The van der Waals surface area contributed by atoms with E-state index in [1.54, 1.807) is 6.92 Å². The Balaban J connectivity index is 2.86. The fraction of sp³-hybridized carbons (Fsp3) is 0.300. The minimum absolute atomic E-state index is 0.0359. The summed E-state index contributed by atoms with van der Waals surface area (Å²) in [7, 11) is 0. The van der Waals surface area contributed by atoms with E-state index in [4.69, 9.17) is 16.7 Å². The van der Waals surface area contributed by atoms with Gasteiger partial charge in [-0.1, -0.05) is 11.6 Å². The van der Waals surface area contributed by atoms with Gasteiger partial charge in [-0.15, -0.1) is 0 Å². The molecule has 0 atom stereocenters. The fourth-order valence-corrected chi connectivity index (χ4v) is 1.32. The number of benzene rings is 1. The van der Waals surface area contributed by atoms with Gasteiger partial charge in [0.25, 0.3) is 0 Å². The Morgan fingerprint density at radius 1 is 1.60 bits per heavy atom. The van der Waals surface area contributed by atoms with Gasteiger partial charge in [-0.3, -0.25) is 4.79 Å². The maximum Gasteiger partial charge on any atom is 0.226 e. The molecule has 3 nitrogen and oxygen atoms in total. The largest absolute Gasteiger partial charge is 0.396 e. The number of aliphatic hydroxyl groups excluding tert-OH is 1. The molecule has 0 aliphatic rings. The Morgan fingerprint density at radius 2 is 2.27 bits per heavy atom. The van der Waals surface area contributed by atoms with Crippen LogP contribution in [0.15, 0.2) is 12.1 Å². The van der Waals surface area contributed by atoms with Crippen LogP contribution in [0.1, 0.15) is 12.0 Å². The second-order valence-electron chi connectivity index (χ2n) is 3.10. The molecule has 0 heterocycles. The summed E-state index contributed by atoms with van der Waals surface area (Å²) in [5.41, 5.74) is 0.637. The predicted octanol–water partition coefficient (Wildman–Crippen LogP) is 2.11. The number of nitrogens with one attached hydrogen (secondary N) is 1. The molecule has 0 aliphatic heterocycles. The lowest BCUT2D eigenvalue weighted by Gasteiger charge is -2.07. The van der Waals surface area contributed by atoms with Gasteiger partial charge in [-0.2, -0.15) is 0 Å².